The maximum atomic E-state index is 11.7. The normalized spacial score (nSPS) is 10.8. The number of ether oxygens (including phenoxy) is 2. The van der Waals surface area contributed by atoms with Gasteiger partial charge in [-0.25, -0.2) is 14.8 Å². The summed E-state index contributed by atoms with van der Waals surface area (Å²) in [5.41, 5.74) is 2.53. The van der Waals surface area contributed by atoms with Gasteiger partial charge >= 0.3 is 6.09 Å². The van der Waals surface area contributed by atoms with Crippen molar-refractivity contribution in [2.45, 2.75) is 0 Å². The summed E-state index contributed by atoms with van der Waals surface area (Å²) in [4.78, 5) is 23.6. The summed E-state index contributed by atoms with van der Waals surface area (Å²) in [5.74, 6) is 0.557. The molecule has 7 nitrogen and oxygen atoms in total. The van der Waals surface area contributed by atoms with Gasteiger partial charge in [0, 0.05) is 29.0 Å². The van der Waals surface area contributed by atoms with Crippen LogP contribution in [0.3, 0.4) is 0 Å². The Balaban J connectivity index is 1.84. The van der Waals surface area contributed by atoms with Crippen LogP contribution in [0.15, 0.2) is 34.9 Å². The molecule has 2 heterocycles. The number of imidazole rings is 1. The van der Waals surface area contributed by atoms with Crippen LogP contribution in [0, 0.1) is 0 Å². The van der Waals surface area contributed by atoms with Gasteiger partial charge in [0.1, 0.15) is 12.4 Å². The second-order valence-electron chi connectivity index (χ2n) is 5.06. The first-order valence-electron chi connectivity index (χ1n) is 7.30. The van der Waals surface area contributed by atoms with Gasteiger partial charge in [-0.05, 0) is 40.2 Å². The van der Waals surface area contributed by atoms with Crippen molar-refractivity contribution in [2.75, 3.05) is 25.6 Å². The van der Waals surface area contributed by atoms with Gasteiger partial charge in [-0.2, -0.15) is 0 Å². The molecule has 0 fully saturated rings. The summed E-state index contributed by atoms with van der Waals surface area (Å²) in [5, 5.41) is 3.14. The largest absolute Gasteiger partial charge is 0.447 e. The van der Waals surface area contributed by atoms with Crippen molar-refractivity contribution in [1.29, 1.82) is 0 Å². The zero-order chi connectivity index (χ0) is 17.8. The van der Waals surface area contributed by atoms with Gasteiger partial charge < -0.3 is 14.5 Å². The van der Waals surface area contributed by atoms with Crippen LogP contribution < -0.4 is 5.32 Å². The molecule has 0 aliphatic heterocycles. The van der Waals surface area contributed by atoms with Crippen LogP contribution in [-0.4, -0.2) is 41.4 Å². The Kier molecular flexibility index (Phi) is 5.52. The Morgan fingerprint density at radius 2 is 2.20 bits per heavy atom. The minimum absolute atomic E-state index is 0.174. The quantitative estimate of drug-likeness (QED) is 0.597. The smallest absolute Gasteiger partial charge is 0.411 e. The Morgan fingerprint density at radius 3 is 3.00 bits per heavy atom. The summed E-state index contributed by atoms with van der Waals surface area (Å²) >= 11 is 9.65. The van der Waals surface area contributed by atoms with Gasteiger partial charge in [0.15, 0.2) is 5.65 Å². The van der Waals surface area contributed by atoms with Crippen LogP contribution in [0.5, 0.6) is 0 Å². The third-order valence-corrected chi connectivity index (χ3v) is 4.06. The van der Waals surface area contributed by atoms with Crippen molar-refractivity contribution in [2.24, 2.45) is 0 Å². The van der Waals surface area contributed by atoms with E-state index in [9.17, 15) is 4.79 Å². The number of amides is 1. The van der Waals surface area contributed by atoms with E-state index in [0.29, 0.717) is 34.4 Å². The number of aromatic amines is 1. The Morgan fingerprint density at radius 1 is 1.36 bits per heavy atom. The van der Waals surface area contributed by atoms with Crippen LogP contribution in [-0.2, 0) is 9.47 Å². The number of H-pyrrole nitrogens is 1. The number of halogens is 2. The topological polar surface area (TPSA) is 89.1 Å². The number of fused-ring (bicyclic) bond motifs is 1. The van der Waals surface area contributed by atoms with E-state index < -0.39 is 6.09 Å². The molecular weight excluding hydrogens is 412 g/mol. The Labute approximate surface area is 156 Å². The molecule has 1 aromatic carbocycles. The number of methoxy groups -OCH3 is 1. The lowest BCUT2D eigenvalue weighted by Gasteiger charge is -2.08. The minimum atomic E-state index is -0.569. The predicted octanol–water partition coefficient (Wildman–Crippen LogP) is 4.24. The van der Waals surface area contributed by atoms with Crippen LogP contribution >= 0.6 is 27.5 Å². The minimum Gasteiger partial charge on any atom is -0.447 e. The standard InChI is InChI=1S/C16H14BrClN4O3/c1-24-4-5-25-16(23)20-10-2-3-12(18)11(7-10)14-21-13-6-9(17)8-19-15(13)22-14/h2-3,6-8H,4-5H2,1H3,(H,20,23)(H,19,21,22). The van der Waals surface area contributed by atoms with Gasteiger partial charge in [0.2, 0.25) is 0 Å². The van der Waals surface area contributed by atoms with Crippen LogP contribution in [0.2, 0.25) is 5.02 Å². The summed E-state index contributed by atoms with van der Waals surface area (Å²) in [6.07, 6.45) is 1.10. The number of anilines is 1. The lowest BCUT2D eigenvalue weighted by molar-refractivity contribution is 0.107. The lowest BCUT2D eigenvalue weighted by atomic mass is 10.2. The predicted molar refractivity (Wildman–Crippen MR) is 98.9 cm³/mol. The van der Waals surface area contributed by atoms with E-state index in [4.69, 9.17) is 21.1 Å². The zero-order valence-electron chi connectivity index (χ0n) is 13.2. The van der Waals surface area contributed by atoms with E-state index in [1.807, 2.05) is 6.07 Å². The van der Waals surface area contributed by atoms with Crippen LogP contribution in [0.1, 0.15) is 0 Å². The van der Waals surface area contributed by atoms with Gasteiger partial charge in [-0.15, -0.1) is 0 Å². The maximum absolute atomic E-state index is 11.7. The van der Waals surface area contributed by atoms with E-state index in [-0.39, 0.29) is 6.61 Å². The second-order valence-corrected chi connectivity index (χ2v) is 6.38. The van der Waals surface area contributed by atoms with E-state index >= 15 is 0 Å². The number of aromatic nitrogens is 3. The summed E-state index contributed by atoms with van der Waals surface area (Å²) in [7, 11) is 1.54. The van der Waals surface area contributed by atoms with Crippen molar-refractivity contribution in [3.8, 4) is 11.4 Å². The first-order chi connectivity index (χ1) is 12.1. The van der Waals surface area contributed by atoms with E-state index in [0.717, 1.165) is 9.99 Å². The fourth-order valence-electron chi connectivity index (χ4n) is 2.16. The lowest BCUT2D eigenvalue weighted by Crippen LogP contribution is -2.16. The monoisotopic (exact) mass is 424 g/mol. The molecule has 0 bridgehead atoms. The molecule has 0 saturated carbocycles. The number of benzene rings is 1. The first-order valence-corrected chi connectivity index (χ1v) is 8.48. The Bertz CT molecular complexity index is 916. The molecule has 3 rings (SSSR count). The van der Waals surface area contributed by atoms with E-state index in [1.165, 1.54) is 7.11 Å². The molecule has 0 radical (unpaired) electrons. The van der Waals surface area contributed by atoms with Gasteiger partial charge in [-0.3, -0.25) is 5.32 Å². The van der Waals surface area contributed by atoms with Crippen molar-refractivity contribution >= 4 is 50.5 Å². The molecule has 2 N–H and O–H groups in total. The molecule has 0 atom stereocenters. The van der Waals surface area contributed by atoms with Crippen LogP contribution in [0.4, 0.5) is 10.5 Å². The summed E-state index contributed by atoms with van der Waals surface area (Å²) in [6, 6.07) is 6.95. The summed E-state index contributed by atoms with van der Waals surface area (Å²) in [6.45, 7) is 0.508. The Hall–Kier alpha value is -2.16. The highest BCUT2D eigenvalue weighted by Crippen LogP contribution is 2.30. The molecule has 130 valence electrons. The number of carbonyl (C=O) groups excluding carboxylic acids is 1. The fourth-order valence-corrected chi connectivity index (χ4v) is 2.70. The zero-order valence-corrected chi connectivity index (χ0v) is 15.5. The highest BCUT2D eigenvalue weighted by Gasteiger charge is 2.12. The average Bonchev–Trinajstić information content (AvgIpc) is 2.99. The third-order valence-electron chi connectivity index (χ3n) is 3.29. The molecule has 0 spiro atoms. The molecule has 1 amide bonds. The van der Waals surface area contributed by atoms with Gasteiger partial charge in [0.25, 0.3) is 0 Å². The molecule has 0 saturated heterocycles. The average molecular weight is 426 g/mol. The molecular formula is C16H14BrClN4O3. The molecule has 3 aromatic rings. The van der Waals surface area contributed by atoms with Gasteiger partial charge in [0.05, 0.1) is 17.1 Å². The third kappa shape index (κ3) is 4.28. The van der Waals surface area contributed by atoms with E-state index in [2.05, 4.69) is 36.2 Å². The SMILES string of the molecule is COCCOC(=O)Nc1ccc(Cl)c(-c2nc3ncc(Br)cc3[nH]2)c1. The molecule has 2 aromatic heterocycles. The highest BCUT2D eigenvalue weighted by atomic mass is 79.9. The second kappa shape index (κ2) is 7.81. The van der Waals surface area contributed by atoms with Crippen molar-refractivity contribution in [1.82, 2.24) is 15.0 Å². The molecule has 25 heavy (non-hydrogen) atoms. The summed E-state index contributed by atoms with van der Waals surface area (Å²) < 4.78 is 10.6. The number of carbonyl (C=O) groups is 1. The van der Waals surface area contributed by atoms with Crippen molar-refractivity contribution < 1.29 is 14.3 Å². The number of hydrogen-bond acceptors (Lipinski definition) is 5. The van der Waals surface area contributed by atoms with E-state index in [1.54, 1.807) is 24.4 Å². The van der Waals surface area contributed by atoms with Crippen molar-refractivity contribution in [3.05, 3.63) is 40.0 Å². The number of hydrogen-bond donors (Lipinski definition) is 2. The fraction of sp³-hybridized carbons (Fsp3) is 0.188. The van der Waals surface area contributed by atoms with Crippen molar-refractivity contribution in [3.63, 3.8) is 0 Å². The highest BCUT2D eigenvalue weighted by molar-refractivity contribution is 9.10. The number of nitrogens with one attached hydrogen (secondary N) is 2. The maximum Gasteiger partial charge on any atom is 0.411 e. The molecule has 0 aliphatic rings. The number of rotatable bonds is 5. The number of nitrogens with zero attached hydrogens (tertiary/aromatic N) is 2. The number of pyridine rings is 1. The van der Waals surface area contributed by atoms with Gasteiger partial charge in [-0.1, -0.05) is 11.6 Å². The molecule has 0 unspecified atom stereocenters. The first kappa shape index (κ1) is 17.7. The molecule has 9 heteroatoms. The molecule has 0 aliphatic carbocycles. The van der Waals surface area contributed by atoms with Crippen LogP contribution in [0.25, 0.3) is 22.6 Å².